The first kappa shape index (κ1) is 21.1. The summed E-state index contributed by atoms with van der Waals surface area (Å²) in [6.45, 7) is 8.44. The van der Waals surface area contributed by atoms with Crippen molar-refractivity contribution in [2.75, 3.05) is 13.2 Å². The van der Waals surface area contributed by atoms with E-state index in [1.54, 1.807) is 25.1 Å². The zero-order valence-electron chi connectivity index (χ0n) is 16.7. The van der Waals surface area contributed by atoms with E-state index in [1.807, 2.05) is 13.8 Å². The van der Waals surface area contributed by atoms with Crippen LogP contribution in [0.25, 0.3) is 0 Å². The Hall–Kier alpha value is -2.24. The average Bonchev–Trinajstić information content (AvgIpc) is 2.65. The van der Waals surface area contributed by atoms with Crippen LogP contribution in [0.2, 0.25) is 0 Å². The molecule has 0 unspecified atom stereocenters. The molecule has 27 heavy (non-hydrogen) atoms. The summed E-state index contributed by atoms with van der Waals surface area (Å²) in [6.07, 6.45) is 3.57. The van der Waals surface area contributed by atoms with Crippen LogP contribution in [0.5, 0.6) is 11.5 Å². The number of esters is 1. The molecule has 0 radical (unpaired) electrons. The fourth-order valence-electron chi connectivity index (χ4n) is 3.29. The Labute approximate surface area is 161 Å². The number of carbonyl (C=O) groups is 2. The molecule has 3 atom stereocenters. The summed E-state index contributed by atoms with van der Waals surface area (Å²) in [7, 11) is 0. The van der Waals surface area contributed by atoms with Gasteiger partial charge in [-0.2, -0.15) is 0 Å². The highest BCUT2D eigenvalue weighted by molar-refractivity contribution is 5.92. The highest BCUT2D eigenvalue weighted by Crippen LogP contribution is 2.29. The molecule has 1 N–H and O–H groups in total. The van der Waals surface area contributed by atoms with E-state index in [9.17, 15) is 9.59 Å². The molecule has 0 spiro atoms. The van der Waals surface area contributed by atoms with Gasteiger partial charge in [-0.25, -0.2) is 4.79 Å². The smallest absolute Gasteiger partial charge is 0.339 e. The van der Waals surface area contributed by atoms with Crippen molar-refractivity contribution >= 4 is 11.9 Å². The van der Waals surface area contributed by atoms with E-state index in [-0.39, 0.29) is 11.9 Å². The van der Waals surface area contributed by atoms with Crippen LogP contribution in [-0.2, 0) is 9.53 Å². The Bertz CT molecular complexity index is 645. The van der Waals surface area contributed by atoms with Gasteiger partial charge >= 0.3 is 5.97 Å². The zero-order chi connectivity index (χ0) is 19.8. The van der Waals surface area contributed by atoms with Gasteiger partial charge in [-0.05, 0) is 57.7 Å². The van der Waals surface area contributed by atoms with E-state index in [0.29, 0.717) is 36.2 Å². The zero-order valence-corrected chi connectivity index (χ0v) is 16.7. The second-order valence-electron chi connectivity index (χ2n) is 6.95. The molecule has 2 rings (SSSR count). The molecule has 1 aliphatic rings. The average molecular weight is 377 g/mol. The first-order valence-corrected chi connectivity index (χ1v) is 9.87. The van der Waals surface area contributed by atoms with Crippen molar-refractivity contribution in [3.05, 3.63) is 23.8 Å². The van der Waals surface area contributed by atoms with E-state index in [4.69, 9.17) is 14.2 Å². The third-order valence-electron chi connectivity index (χ3n) is 4.87. The molecule has 0 saturated heterocycles. The molecule has 0 aromatic heterocycles. The van der Waals surface area contributed by atoms with E-state index in [1.165, 1.54) is 6.42 Å². The van der Waals surface area contributed by atoms with Crippen molar-refractivity contribution in [2.24, 2.45) is 5.92 Å². The van der Waals surface area contributed by atoms with Gasteiger partial charge in [0.15, 0.2) is 17.6 Å². The van der Waals surface area contributed by atoms with Gasteiger partial charge in [-0.15, -0.1) is 0 Å². The number of nitrogens with one attached hydrogen (secondary N) is 1. The van der Waals surface area contributed by atoms with Gasteiger partial charge in [0.1, 0.15) is 0 Å². The predicted octanol–water partition coefficient (Wildman–Crippen LogP) is 3.72. The van der Waals surface area contributed by atoms with Crippen LogP contribution < -0.4 is 14.8 Å². The second-order valence-corrected chi connectivity index (χ2v) is 6.95. The lowest BCUT2D eigenvalue weighted by atomic mass is 9.86. The number of carbonyl (C=O) groups excluding carboxylic acids is 2. The Morgan fingerprint density at radius 1 is 1.11 bits per heavy atom. The Morgan fingerprint density at radius 3 is 2.44 bits per heavy atom. The highest BCUT2D eigenvalue weighted by Gasteiger charge is 2.26. The Morgan fingerprint density at radius 2 is 1.78 bits per heavy atom. The fraction of sp³-hybridized carbons (Fsp3) is 0.619. The summed E-state index contributed by atoms with van der Waals surface area (Å²) in [4.78, 5) is 24.8. The molecule has 6 nitrogen and oxygen atoms in total. The standard InChI is InChI=1S/C21H31NO5/c1-5-25-18-12-11-16(13-19(18)26-6-2)21(24)27-15(4)20(23)22-17-10-8-7-9-14(17)3/h11-15,17H,5-10H2,1-4H3,(H,22,23)/t14-,15-,17-/m0/s1. The highest BCUT2D eigenvalue weighted by atomic mass is 16.5. The molecule has 0 heterocycles. The SMILES string of the molecule is CCOc1ccc(C(=O)O[C@@H](C)C(=O)N[C@H]2CCCC[C@@H]2C)cc1OCC. The lowest BCUT2D eigenvalue weighted by molar-refractivity contribution is -0.130. The lowest BCUT2D eigenvalue weighted by Crippen LogP contribution is -2.45. The maximum Gasteiger partial charge on any atom is 0.339 e. The van der Waals surface area contributed by atoms with Crippen molar-refractivity contribution in [3.63, 3.8) is 0 Å². The van der Waals surface area contributed by atoms with Crippen molar-refractivity contribution in [3.8, 4) is 11.5 Å². The topological polar surface area (TPSA) is 73.9 Å². The van der Waals surface area contributed by atoms with Crippen LogP contribution in [-0.4, -0.2) is 37.2 Å². The van der Waals surface area contributed by atoms with Crippen LogP contribution in [0.1, 0.15) is 63.7 Å². The number of rotatable bonds is 8. The third-order valence-corrected chi connectivity index (χ3v) is 4.87. The third kappa shape index (κ3) is 5.88. The van der Waals surface area contributed by atoms with Crippen LogP contribution in [0, 0.1) is 5.92 Å². The monoisotopic (exact) mass is 377 g/mol. The summed E-state index contributed by atoms with van der Waals surface area (Å²) in [5.41, 5.74) is 0.326. The minimum absolute atomic E-state index is 0.155. The molecule has 1 aromatic carbocycles. The molecular formula is C21H31NO5. The van der Waals surface area contributed by atoms with E-state index < -0.39 is 12.1 Å². The van der Waals surface area contributed by atoms with Crippen molar-refractivity contribution in [2.45, 2.75) is 65.5 Å². The van der Waals surface area contributed by atoms with E-state index in [0.717, 1.165) is 19.3 Å². The van der Waals surface area contributed by atoms with E-state index in [2.05, 4.69) is 12.2 Å². The van der Waals surface area contributed by atoms with Gasteiger partial charge in [0.05, 0.1) is 18.8 Å². The summed E-state index contributed by atoms with van der Waals surface area (Å²) in [6, 6.07) is 5.04. The van der Waals surface area contributed by atoms with E-state index >= 15 is 0 Å². The first-order valence-electron chi connectivity index (χ1n) is 9.87. The molecule has 1 aromatic rings. The molecule has 1 fully saturated rings. The van der Waals surface area contributed by atoms with Gasteiger partial charge < -0.3 is 19.5 Å². The minimum atomic E-state index is -0.853. The molecule has 1 amide bonds. The molecule has 1 saturated carbocycles. The number of amides is 1. The Balaban J connectivity index is 1.98. The van der Waals surface area contributed by atoms with Crippen LogP contribution in [0.3, 0.4) is 0 Å². The van der Waals surface area contributed by atoms with Crippen molar-refractivity contribution in [1.29, 1.82) is 0 Å². The Kier molecular flexibility index (Phi) is 7.95. The first-order chi connectivity index (χ1) is 13.0. The number of hydrogen-bond donors (Lipinski definition) is 1. The molecule has 6 heteroatoms. The molecule has 0 aliphatic heterocycles. The van der Waals surface area contributed by atoms with Gasteiger partial charge in [-0.3, -0.25) is 4.79 Å². The largest absolute Gasteiger partial charge is 0.490 e. The van der Waals surface area contributed by atoms with Gasteiger partial charge in [-0.1, -0.05) is 19.8 Å². The quantitative estimate of drug-likeness (QED) is 0.699. The summed E-state index contributed by atoms with van der Waals surface area (Å²) >= 11 is 0. The predicted molar refractivity (Wildman–Crippen MR) is 103 cm³/mol. The lowest BCUT2D eigenvalue weighted by Gasteiger charge is -2.30. The molecule has 150 valence electrons. The normalized spacial score (nSPS) is 20.4. The maximum absolute atomic E-state index is 12.4. The molecule has 0 bridgehead atoms. The summed E-state index contributed by atoms with van der Waals surface area (Å²) in [5.74, 6) is 0.705. The van der Waals surface area contributed by atoms with Crippen LogP contribution >= 0.6 is 0 Å². The second kappa shape index (κ2) is 10.2. The molecular weight excluding hydrogens is 346 g/mol. The number of benzene rings is 1. The summed E-state index contributed by atoms with van der Waals surface area (Å²) < 4.78 is 16.4. The van der Waals surface area contributed by atoms with Gasteiger partial charge in [0.2, 0.25) is 0 Å². The maximum atomic E-state index is 12.4. The van der Waals surface area contributed by atoms with Crippen molar-refractivity contribution < 1.29 is 23.8 Å². The van der Waals surface area contributed by atoms with Gasteiger partial charge in [0.25, 0.3) is 5.91 Å². The minimum Gasteiger partial charge on any atom is -0.490 e. The number of hydrogen-bond acceptors (Lipinski definition) is 5. The fourth-order valence-corrected chi connectivity index (χ4v) is 3.29. The van der Waals surface area contributed by atoms with Gasteiger partial charge in [0, 0.05) is 6.04 Å². The summed E-state index contributed by atoms with van der Waals surface area (Å²) in [5, 5.41) is 3.02. The van der Waals surface area contributed by atoms with Crippen LogP contribution in [0.15, 0.2) is 18.2 Å². The van der Waals surface area contributed by atoms with Crippen molar-refractivity contribution in [1.82, 2.24) is 5.32 Å². The number of ether oxygens (including phenoxy) is 3. The van der Waals surface area contributed by atoms with Crippen LogP contribution in [0.4, 0.5) is 0 Å². The molecule has 1 aliphatic carbocycles.